The minimum Gasteiger partial charge on any atom is -0.310 e. The van der Waals surface area contributed by atoms with Gasteiger partial charge in [-0.3, -0.25) is 9.78 Å². The van der Waals surface area contributed by atoms with Crippen molar-refractivity contribution in [1.29, 1.82) is 0 Å². The van der Waals surface area contributed by atoms with Gasteiger partial charge in [0.25, 0.3) is 0 Å². The summed E-state index contributed by atoms with van der Waals surface area (Å²) in [7, 11) is -1.54. The van der Waals surface area contributed by atoms with Crippen molar-refractivity contribution in [2.24, 2.45) is 7.05 Å². The van der Waals surface area contributed by atoms with E-state index in [0.29, 0.717) is 35.4 Å². The number of H-pyrrole nitrogens is 1. The van der Waals surface area contributed by atoms with E-state index in [0.717, 1.165) is 25.1 Å². The molecule has 0 bridgehead atoms. The molecule has 25 heavy (non-hydrogen) atoms. The second-order valence-corrected chi connectivity index (χ2v) is 8.58. The van der Waals surface area contributed by atoms with Crippen molar-refractivity contribution >= 4 is 10.0 Å². The predicted octanol–water partition coefficient (Wildman–Crippen LogP) is 1.01. The largest absolute Gasteiger partial charge is 0.310 e. The number of aromatic nitrogens is 4. The van der Waals surface area contributed by atoms with Crippen LogP contribution in [0.3, 0.4) is 0 Å². The highest BCUT2D eigenvalue weighted by Crippen LogP contribution is 2.24. The molecule has 2 aromatic rings. The SMILES string of the molecule is Cc1n[nH]c(C)c1S(=O)(=O)N1CCC(NCc2cnn(C)c2C)CC1. The molecule has 1 saturated heterocycles. The minimum atomic E-state index is -3.48. The van der Waals surface area contributed by atoms with Crippen LogP contribution < -0.4 is 5.32 Å². The summed E-state index contributed by atoms with van der Waals surface area (Å²) in [6.45, 7) is 7.33. The van der Waals surface area contributed by atoms with Crippen molar-refractivity contribution < 1.29 is 8.42 Å². The average Bonchev–Trinajstić information content (AvgIpc) is 3.09. The first kappa shape index (κ1) is 18.1. The number of aromatic amines is 1. The fourth-order valence-electron chi connectivity index (χ4n) is 3.32. The Labute approximate surface area is 148 Å². The maximum absolute atomic E-state index is 12.9. The molecule has 2 N–H and O–H groups in total. The van der Waals surface area contributed by atoms with Gasteiger partial charge in [0.15, 0.2) is 0 Å². The Bertz CT molecular complexity index is 827. The van der Waals surface area contributed by atoms with Gasteiger partial charge in [0.1, 0.15) is 4.90 Å². The number of rotatable bonds is 5. The molecule has 0 aromatic carbocycles. The number of aryl methyl sites for hydroxylation is 3. The standard InChI is InChI=1S/C16H26N6O2S/c1-11-16(12(2)20-19-11)25(23,24)22-7-5-15(6-8-22)17-9-14-10-18-21(4)13(14)3/h10,15,17H,5-9H2,1-4H3,(H,19,20). The van der Waals surface area contributed by atoms with Crippen molar-refractivity contribution in [1.82, 2.24) is 29.6 Å². The molecule has 9 heteroatoms. The highest BCUT2D eigenvalue weighted by Gasteiger charge is 2.32. The molecule has 0 radical (unpaired) electrons. The summed E-state index contributed by atoms with van der Waals surface area (Å²) in [6, 6.07) is 0.317. The van der Waals surface area contributed by atoms with Crippen molar-refractivity contribution in [3.8, 4) is 0 Å². The maximum Gasteiger partial charge on any atom is 0.246 e. The highest BCUT2D eigenvalue weighted by molar-refractivity contribution is 7.89. The summed E-state index contributed by atoms with van der Waals surface area (Å²) in [5.41, 5.74) is 3.47. The molecule has 2 aromatic heterocycles. The molecule has 3 rings (SSSR count). The molecule has 0 saturated carbocycles. The van der Waals surface area contributed by atoms with E-state index < -0.39 is 10.0 Å². The van der Waals surface area contributed by atoms with Crippen LogP contribution >= 0.6 is 0 Å². The number of hydrogen-bond donors (Lipinski definition) is 2. The van der Waals surface area contributed by atoms with E-state index in [1.54, 1.807) is 18.2 Å². The summed E-state index contributed by atoms with van der Waals surface area (Å²) < 4.78 is 29.2. The summed E-state index contributed by atoms with van der Waals surface area (Å²) in [6.07, 6.45) is 3.48. The topological polar surface area (TPSA) is 95.9 Å². The van der Waals surface area contributed by atoms with Gasteiger partial charge in [0.05, 0.1) is 17.6 Å². The molecule has 0 amide bonds. The van der Waals surface area contributed by atoms with Crippen LogP contribution in [0.5, 0.6) is 0 Å². The molecular weight excluding hydrogens is 340 g/mol. The zero-order chi connectivity index (χ0) is 18.2. The van der Waals surface area contributed by atoms with Gasteiger partial charge in [-0.2, -0.15) is 14.5 Å². The molecule has 0 unspecified atom stereocenters. The number of piperidine rings is 1. The third kappa shape index (κ3) is 3.49. The Morgan fingerprint density at radius 2 is 1.96 bits per heavy atom. The fraction of sp³-hybridized carbons (Fsp3) is 0.625. The van der Waals surface area contributed by atoms with Crippen LogP contribution in [0, 0.1) is 20.8 Å². The molecular formula is C16H26N6O2S. The molecule has 0 atom stereocenters. The van der Waals surface area contributed by atoms with Gasteiger partial charge in [-0.25, -0.2) is 8.42 Å². The van der Waals surface area contributed by atoms with E-state index in [9.17, 15) is 8.42 Å². The van der Waals surface area contributed by atoms with Gasteiger partial charge in [-0.05, 0) is 33.6 Å². The lowest BCUT2D eigenvalue weighted by atomic mass is 10.1. The van der Waals surface area contributed by atoms with Crippen LogP contribution in [0.2, 0.25) is 0 Å². The van der Waals surface area contributed by atoms with Gasteiger partial charge >= 0.3 is 0 Å². The van der Waals surface area contributed by atoms with E-state index in [2.05, 4.69) is 27.5 Å². The Morgan fingerprint density at radius 1 is 1.28 bits per heavy atom. The number of nitrogens with zero attached hydrogens (tertiary/aromatic N) is 4. The Hall–Kier alpha value is -1.71. The first-order chi connectivity index (χ1) is 11.8. The quantitative estimate of drug-likeness (QED) is 0.823. The molecule has 138 valence electrons. The first-order valence-corrected chi connectivity index (χ1v) is 9.97. The van der Waals surface area contributed by atoms with E-state index in [1.807, 2.05) is 17.9 Å². The third-order valence-electron chi connectivity index (χ3n) is 5.03. The molecule has 8 nitrogen and oxygen atoms in total. The minimum absolute atomic E-state index is 0.317. The van der Waals surface area contributed by atoms with Crippen LogP contribution in [0.4, 0.5) is 0 Å². The van der Waals surface area contributed by atoms with Crippen molar-refractivity contribution in [3.05, 3.63) is 28.8 Å². The number of hydrogen-bond acceptors (Lipinski definition) is 5. The fourth-order valence-corrected chi connectivity index (χ4v) is 5.12. The summed E-state index contributed by atoms with van der Waals surface area (Å²) in [4.78, 5) is 0.324. The maximum atomic E-state index is 12.9. The monoisotopic (exact) mass is 366 g/mol. The summed E-state index contributed by atoms with van der Waals surface area (Å²) >= 11 is 0. The van der Waals surface area contributed by atoms with Crippen LogP contribution in [0.1, 0.15) is 35.5 Å². The molecule has 3 heterocycles. The molecule has 0 spiro atoms. The van der Waals surface area contributed by atoms with Gasteiger partial charge < -0.3 is 5.32 Å². The molecule has 1 aliphatic rings. The van der Waals surface area contributed by atoms with Crippen LogP contribution in [-0.4, -0.2) is 51.8 Å². The van der Waals surface area contributed by atoms with Gasteiger partial charge in [0, 0.05) is 44.0 Å². The molecule has 1 aliphatic heterocycles. The Morgan fingerprint density at radius 3 is 2.48 bits per heavy atom. The van der Waals surface area contributed by atoms with Crippen LogP contribution in [-0.2, 0) is 23.6 Å². The second-order valence-electron chi connectivity index (χ2n) is 6.70. The average molecular weight is 366 g/mol. The second kappa shape index (κ2) is 6.89. The summed E-state index contributed by atoms with van der Waals surface area (Å²) in [5, 5.41) is 14.6. The Kier molecular flexibility index (Phi) is 4.99. The zero-order valence-electron chi connectivity index (χ0n) is 15.2. The normalized spacial score (nSPS) is 17.3. The third-order valence-corrected chi connectivity index (χ3v) is 7.19. The molecule has 0 aliphatic carbocycles. The lowest BCUT2D eigenvalue weighted by Gasteiger charge is -2.31. The lowest BCUT2D eigenvalue weighted by molar-refractivity contribution is 0.288. The van der Waals surface area contributed by atoms with Crippen molar-refractivity contribution in [2.45, 2.75) is 51.1 Å². The van der Waals surface area contributed by atoms with Crippen LogP contribution in [0.25, 0.3) is 0 Å². The molecule has 1 fully saturated rings. The van der Waals surface area contributed by atoms with E-state index >= 15 is 0 Å². The van der Waals surface area contributed by atoms with Gasteiger partial charge in [-0.15, -0.1) is 0 Å². The number of nitrogens with one attached hydrogen (secondary N) is 2. The highest BCUT2D eigenvalue weighted by atomic mass is 32.2. The van der Waals surface area contributed by atoms with Crippen LogP contribution in [0.15, 0.2) is 11.1 Å². The Balaban J connectivity index is 1.59. The smallest absolute Gasteiger partial charge is 0.246 e. The van der Waals surface area contributed by atoms with E-state index in [4.69, 9.17) is 0 Å². The lowest BCUT2D eigenvalue weighted by Crippen LogP contribution is -2.44. The zero-order valence-corrected chi connectivity index (χ0v) is 16.0. The van der Waals surface area contributed by atoms with Crippen molar-refractivity contribution in [3.63, 3.8) is 0 Å². The number of sulfonamides is 1. The predicted molar refractivity (Wildman–Crippen MR) is 94.6 cm³/mol. The van der Waals surface area contributed by atoms with E-state index in [-0.39, 0.29) is 0 Å². The van der Waals surface area contributed by atoms with Crippen molar-refractivity contribution in [2.75, 3.05) is 13.1 Å². The summed E-state index contributed by atoms with van der Waals surface area (Å²) in [5.74, 6) is 0. The van der Waals surface area contributed by atoms with E-state index in [1.165, 1.54) is 5.56 Å². The van der Waals surface area contributed by atoms with Gasteiger partial charge in [-0.1, -0.05) is 0 Å². The first-order valence-electron chi connectivity index (χ1n) is 8.53. The van der Waals surface area contributed by atoms with Gasteiger partial charge in [0.2, 0.25) is 10.0 Å².